The third-order valence-corrected chi connectivity index (χ3v) is 3.18. The lowest BCUT2D eigenvalue weighted by Gasteiger charge is -2.06. The molecule has 0 aliphatic heterocycles. The molecule has 0 bridgehead atoms. The van der Waals surface area contributed by atoms with Crippen molar-refractivity contribution >= 4 is 18.1 Å². The molecule has 1 amide bonds. The van der Waals surface area contributed by atoms with Crippen LogP contribution in [-0.2, 0) is 0 Å². The molecule has 0 aromatic heterocycles. The zero-order valence-corrected chi connectivity index (χ0v) is 12.8. The summed E-state index contributed by atoms with van der Waals surface area (Å²) in [6.45, 7) is 0. The Labute approximate surface area is 133 Å². The van der Waals surface area contributed by atoms with Crippen molar-refractivity contribution in [3.8, 4) is 11.5 Å². The molecule has 0 saturated heterocycles. The lowest BCUT2D eigenvalue weighted by molar-refractivity contribution is 0.100. The van der Waals surface area contributed by atoms with E-state index in [0.29, 0.717) is 16.9 Å². The second kappa shape index (κ2) is 7.68. The number of benzene rings is 2. The van der Waals surface area contributed by atoms with E-state index < -0.39 is 5.91 Å². The van der Waals surface area contributed by atoms with Crippen LogP contribution in [0.4, 0.5) is 0 Å². The Bertz CT molecular complexity index is 776. The normalized spacial score (nSPS) is 10.2. The summed E-state index contributed by atoms with van der Waals surface area (Å²) in [5.74, 6) is 0.767. The number of azide groups is 1. The predicted molar refractivity (Wildman–Crippen MR) is 88.4 cm³/mol. The molecule has 2 rings (SSSR count). The summed E-state index contributed by atoms with van der Waals surface area (Å²) < 4.78 is 10.4. The van der Waals surface area contributed by atoms with E-state index in [2.05, 4.69) is 10.0 Å². The van der Waals surface area contributed by atoms with Gasteiger partial charge in [0.05, 0.1) is 14.2 Å². The standard InChI is InChI=1S/C17H15N3O3/c1-22-15-8-4-12(5-9-15)3-6-13-11-14(17(21)19-20-18)7-10-16(13)23-2/h3-11H,1-2H3. The molecule has 0 spiro atoms. The number of hydrogen-bond donors (Lipinski definition) is 0. The number of methoxy groups -OCH3 is 2. The molecule has 2 aromatic carbocycles. The Morgan fingerprint density at radius 1 is 1.09 bits per heavy atom. The summed E-state index contributed by atoms with van der Waals surface area (Å²) in [5, 5.41) is 3.09. The molecule has 0 N–H and O–H groups in total. The first-order valence-corrected chi connectivity index (χ1v) is 6.77. The van der Waals surface area contributed by atoms with Crippen molar-refractivity contribution in [1.82, 2.24) is 0 Å². The summed E-state index contributed by atoms with van der Waals surface area (Å²) in [6.07, 6.45) is 3.71. The fourth-order valence-electron chi connectivity index (χ4n) is 2.00. The number of carbonyl (C=O) groups is 1. The maximum Gasteiger partial charge on any atom is 0.249 e. The molecule has 0 fully saturated rings. The minimum atomic E-state index is -0.630. The zero-order valence-electron chi connectivity index (χ0n) is 12.8. The van der Waals surface area contributed by atoms with Crippen molar-refractivity contribution in [3.63, 3.8) is 0 Å². The molecule has 0 aliphatic carbocycles. The maximum atomic E-state index is 11.6. The number of hydrogen-bond acceptors (Lipinski definition) is 3. The quantitative estimate of drug-likeness (QED) is 0.357. The second-order valence-electron chi connectivity index (χ2n) is 4.56. The molecular weight excluding hydrogens is 294 g/mol. The van der Waals surface area contributed by atoms with Crippen LogP contribution in [0.5, 0.6) is 11.5 Å². The fraction of sp³-hybridized carbons (Fsp3) is 0.118. The average molecular weight is 309 g/mol. The Kier molecular flexibility index (Phi) is 5.39. The first-order chi connectivity index (χ1) is 11.2. The van der Waals surface area contributed by atoms with Crippen LogP contribution in [-0.4, -0.2) is 20.1 Å². The van der Waals surface area contributed by atoms with Crippen molar-refractivity contribution in [3.05, 3.63) is 69.6 Å². The Morgan fingerprint density at radius 3 is 2.43 bits per heavy atom. The topological polar surface area (TPSA) is 84.3 Å². The van der Waals surface area contributed by atoms with Crippen LogP contribution >= 0.6 is 0 Å². The molecule has 0 unspecified atom stereocenters. The van der Waals surface area contributed by atoms with Gasteiger partial charge in [-0.1, -0.05) is 24.3 Å². The summed E-state index contributed by atoms with van der Waals surface area (Å²) in [6, 6.07) is 12.4. The third-order valence-electron chi connectivity index (χ3n) is 3.18. The maximum absolute atomic E-state index is 11.6. The van der Waals surface area contributed by atoms with Gasteiger partial charge < -0.3 is 9.47 Å². The fourth-order valence-corrected chi connectivity index (χ4v) is 2.00. The largest absolute Gasteiger partial charge is 0.497 e. The predicted octanol–water partition coefficient (Wildman–Crippen LogP) is 4.32. The highest BCUT2D eigenvalue weighted by molar-refractivity contribution is 5.96. The van der Waals surface area contributed by atoms with Crippen molar-refractivity contribution in [1.29, 1.82) is 0 Å². The monoisotopic (exact) mass is 309 g/mol. The summed E-state index contributed by atoms with van der Waals surface area (Å²) >= 11 is 0. The molecular formula is C17H15N3O3. The van der Waals surface area contributed by atoms with Crippen LogP contribution in [0.1, 0.15) is 21.5 Å². The molecule has 0 radical (unpaired) electrons. The smallest absolute Gasteiger partial charge is 0.249 e. The molecule has 0 aliphatic rings. The van der Waals surface area contributed by atoms with Crippen LogP contribution in [0.15, 0.2) is 47.6 Å². The minimum absolute atomic E-state index is 0.304. The van der Waals surface area contributed by atoms with Crippen LogP contribution < -0.4 is 9.47 Å². The van der Waals surface area contributed by atoms with Crippen molar-refractivity contribution < 1.29 is 14.3 Å². The third kappa shape index (κ3) is 4.12. The number of amides is 1. The number of nitrogens with zero attached hydrogens (tertiary/aromatic N) is 3. The Morgan fingerprint density at radius 2 is 1.83 bits per heavy atom. The Balaban J connectivity index is 2.32. The van der Waals surface area contributed by atoms with E-state index >= 15 is 0 Å². The number of ether oxygens (including phenoxy) is 2. The first-order valence-electron chi connectivity index (χ1n) is 6.77. The molecule has 0 atom stereocenters. The van der Waals surface area contributed by atoms with Gasteiger partial charge in [0.1, 0.15) is 11.5 Å². The summed E-state index contributed by atoms with van der Waals surface area (Å²) in [7, 11) is 3.16. The van der Waals surface area contributed by atoms with Gasteiger partial charge in [-0.3, -0.25) is 4.79 Å². The summed E-state index contributed by atoms with van der Waals surface area (Å²) in [4.78, 5) is 14.2. The second-order valence-corrected chi connectivity index (χ2v) is 4.56. The van der Waals surface area contributed by atoms with E-state index in [1.54, 1.807) is 32.4 Å². The first kappa shape index (κ1) is 16.1. The SMILES string of the molecule is COc1ccc(C=Cc2cc(C(=O)N=[N+]=[N-])ccc2OC)cc1. The van der Waals surface area contributed by atoms with Crippen molar-refractivity contribution in [2.75, 3.05) is 14.2 Å². The molecule has 2 aromatic rings. The highest BCUT2D eigenvalue weighted by Crippen LogP contribution is 2.23. The van der Waals surface area contributed by atoms with Gasteiger partial charge in [-0.2, -0.15) is 0 Å². The van der Waals surface area contributed by atoms with Gasteiger partial charge in [-0.25, -0.2) is 0 Å². The van der Waals surface area contributed by atoms with E-state index in [9.17, 15) is 4.79 Å². The minimum Gasteiger partial charge on any atom is -0.497 e. The van der Waals surface area contributed by atoms with Crippen LogP contribution in [0, 0.1) is 0 Å². The number of rotatable bonds is 5. The molecule has 0 heterocycles. The molecule has 116 valence electrons. The van der Waals surface area contributed by atoms with E-state index in [1.165, 1.54) is 0 Å². The van der Waals surface area contributed by atoms with Gasteiger partial charge in [-0.05, 0) is 46.5 Å². The Hall–Kier alpha value is -3.24. The van der Waals surface area contributed by atoms with E-state index in [1.807, 2.05) is 36.4 Å². The highest BCUT2D eigenvalue weighted by Gasteiger charge is 2.07. The lowest BCUT2D eigenvalue weighted by atomic mass is 10.1. The van der Waals surface area contributed by atoms with Gasteiger partial charge in [0.15, 0.2) is 0 Å². The summed E-state index contributed by atoms with van der Waals surface area (Å²) in [5.41, 5.74) is 10.3. The molecule has 6 nitrogen and oxygen atoms in total. The van der Waals surface area contributed by atoms with Crippen molar-refractivity contribution in [2.45, 2.75) is 0 Å². The zero-order chi connectivity index (χ0) is 16.7. The van der Waals surface area contributed by atoms with Gasteiger partial charge >= 0.3 is 0 Å². The van der Waals surface area contributed by atoms with Gasteiger partial charge in [0.2, 0.25) is 5.91 Å². The molecule has 0 saturated carbocycles. The van der Waals surface area contributed by atoms with E-state index in [4.69, 9.17) is 15.0 Å². The van der Waals surface area contributed by atoms with Crippen molar-refractivity contribution in [2.24, 2.45) is 5.11 Å². The van der Waals surface area contributed by atoms with E-state index in [0.717, 1.165) is 11.3 Å². The number of carbonyl (C=O) groups excluding carboxylic acids is 1. The van der Waals surface area contributed by atoms with Crippen LogP contribution in [0.3, 0.4) is 0 Å². The molecule has 23 heavy (non-hydrogen) atoms. The van der Waals surface area contributed by atoms with Gasteiger partial charge in [-0.15, -0.1) is 0 Å². The molecule has 6 heteroatoms. The van der Waals surface area contributed by atoms with Gasteiger partial charge in [0, 0.05) is 16.0 Å². The average Bonchev–Trinajstić information content (AvgIpc) is 2.60. The lowest BCUT2D eigenvalue weighted by Crippen LogP contribution is -1.95. The van der Waals surface area contributed by atoms with E-state index in [-0.39, 0.29) is 0 Å². The highest BCUT2D eigenvalue weighted by atomic mass is 16.5. The van der Waals surface area contributed by atoms with Crippen LogP contribution in [0.2, 0.25) is 0 Å². The van der Waals surface area contributed by atoms with Crippen LogP contribution in [0.25, 0.3) is 22.6 Å². The van der Waals surface area contributed by atoms with Gasteiger partial charge in [0.25, 0.3) is 0 Å².